The third-order valence-corrected chi connectivity index (χ3v) is 5.63. The van der Waals surface area contributed by atoms with Crippen LogP contribution in [0.15, 0.2) is 86.4 Å². The molecule has 30 heavy (non-hydrogen) atoms. The van der Waals surface area contributed by atoms with Crippen molar-refractivity contribution in [2.24, 2.45) is 5.16 Å². The first-order valence-electron chi connectivity index (χ1n) is 8.94. The van der Waals surface area contributed by atoms with E-state index in [9.17, 15) is 4.79 Å². The van der Waals surface area contributed by atoms with Crippen LogP contribution in [0, 0.1) is 0 Å². The van der Waals surface area contributed by atoms with Crippen molar-refractivity contribution in [3.05, 3.63) is 103 Å². The van der Waals surface area contributed by atoms with E-state index in [-0.39, 0.29) is 0 Å². The molecular weight excluding hydrogens is 534 g/mol. The summed E-state index contributed by atoms with van der Waals surface area (Å²) in [5.74, 6) is 0.0866. The molecule has 4 nitrogen and oxygen atoms in total. The molecule has 0 saturated carbocycles. The second kappa shape index (κ2) is 9.16. The fraction of sp³-hybridized carbons (Fsp3) is 0.0435. The summed E-state index contributed by atoms with van der Waals surface area (Å²) in [6.45, 7) is 0.320. The van der Waals surface area contributed by atoms with Crippen LogP contribution in [-0.4, -0.2) is 11.7 Å². The van der Waals surface area contributed by atoms with E-state index in [2.05, 4.69) is 37.0 Å². The highest BCUT2D eigenvalue weighted by molar-refractivity contribution is 9.11. The van der Waals surface area contributed by atoms with Gasteiger partial charge in [0.25, 0.3) is 0 Å². The maximum absolute atomic E-state index is 12.4. The van der Waals surface area contributed by atoms with Gasteiger partial charge in [0.2, 0.25) is 0 Å². The molecule has 3 aromatic carbocycles. The number of hydrogen-bond donors (Lipinski definition) is 0. The van der Waals surface area contributed by atoms with Crippen molar-refractivity contribution in [3.63, 3.8) is 0 Å². The Bertz CT molecular complexity index is 1180. The van der Waals surface area contributed by atoms with Crippen molar-refractivity contribution in [2.45, 2.75) is 6.61 Å². The van der Waals surface area contributed by atoms with Crippen molar-refractivity contribution in [1.29, 1.82) is 0 Å². The molecule has 1 aliphatic rings. The van der Waals surface area contributed by atoms with Gasteiger partial charge in [0.15, 0.2) is 0 Å². The van der Waals surface area contributed by atoms with Gasteiger partial charge in [-0.15, -0.1) is 0 Å². The predicted octanol–water partition coefficient (Wildman–Crippen LogP) is 6.79. The van der Waals surface area contributed by atoms with E-state index in [0.29, 0.717) is 34.2 Å². The molecule has 3 aromatic rings. The summed E-state index contributed by atoms with van der Waals surface area (Å²) in [6, 6.07) is 20.6. The molecule has 0 N–H and O–H groups in total. The highest BCUT2D eigenvalue weighted by atomic mass is 79.9. The summed E-state index contributed by atoms with van der Waals surface area (Å²) in [5, 5.41) is 4.61. The third-order valence-electron chi connectivity index (χ3n) is 4.35. The lowest BCUT2D eigenvalue weighted by Crippen LogP contribution is -2.07. The Morgan fingerprint density at radius 2 is 1.83 bits per heavy atom. The number of rotatable bonds is 5. The van der Waals surface area contributed by atoms with Gasteiger partial charge >= 0.3 is 5.97 Å². The number of carbonyl (C=O) groups excluding carboxylic acids is 1. The molecule has 0 radical (unpaired) electrons. The average Bonchev–Trinajstić information content (AvgIpc) is 3.08. The van der Waals surface area contributed by atoms with Crippen LogP contribution in [-0.2, 0) is 16.2 Å². The molecule has 0 bridgehead atoms. The van der Waals surface area contributed by atoms with Crippen LogP contribution in [0.25, 0.3) is 6.08 Å². The summed E-state index contributed by atoms with van der Waals surface area (Å²) in [6.07, 6.45) is 1.73. The Balaban J connectivity index is 1.71. The highest BCUT2D eigenvalue weighted by Crippen LogP contribution is 2.36. The van der Waals surface area contributed by atoms with Crippen molar-refractivity contribution < 1.29 is 14.4 Å². The minimum absolute atomic E-state index is 0.320. The van der Waals surface area contributed by atoms with Gasteiger partial charge in [0, 0.05) is 20.6 Å². The molecule has 0 aromatic heterocycles. The van der Waals surface area contributed by atoms with E-state index in [4.69, 9.17) is 21.2 Å². The molecule has 0 saturated heterocycles. The predicted molar refractivity (Wildman–Crippen MR) is 125 cm³/mol. The molecule has 0 unspecified atom stereocenters. The third kappa shape index (κ3) is 4.67. The zero-order chi connectivity index (χ0) is 21.1. The van der Waals surface area contributed by atoms with Gasteiger partial charge in [-0.25, -0.2) is 4.79 Å². The first-order chi connectivity index (χ1) is 14.5. The molecule has 0 amide bonds. The Hall–Kier alpha value is -2.41. The van der Waals surface area contributed by atoms with Gasteiger partial charge in [-0.3, -0.25) is 0 Å². The molecule has 4 rings (SSSR count). The summed E-state index contributed by atoms with van der Waals surface area (Å²) in [5.41, 5.74) is 3.28. The van der Waals surface area contributed by atoms with Crippen molar-refractivity contribution in [1.82, 2.24) is 0 Å². The van der Waals surface area contributed by atoms with Crippen LogP contribution in [0.3, 0.4) is 0 Å². The number of benzene rings is 3. The van der Waals surface area contributed by atoms with Crippen LogP contribution in [0.4, 0.5) is 0 Å². The largest absolute Gasteiger partial charge is 0.487 e. The number of carbonyl (C=O) groups is 1. The van der Waals surface area contributed by atoms with Crippen LogP contribution in [0.1, 0.15) is 16.7 Å². The lowest BCUT2D eigenvalue weighted by molar-refractivity contribution is -0.136. The average molecular weight is 548 g/mol. The summed E-state index contributed by atoms with van der Waals surface area (Å²) in [7, 11) is 0. The molecule has 1 aliphatic heterocycles. The van der Waals surface area contributed by atoms with E-state index < -0.39 is 5.97 Å². The number of halogens is 3. The van der Waals surface area contributed by atoms with Crippen LogP contribution >= 0.6 is 43.5 Å². The lowest BCUT2D eigenvalue weighted by Gasteiger charge is -2.13. The Morgan fingerprint density at radius 1 is 1.03 bits per heavy atom. The Labute approximate surface area is 195 Å². The maximum Gasteiger partial charge on any atom is 0.368 e. The van der Waals surface area contributed by atoms with E-state index in [1.54, 1.807) is 6.08 Å². The molecule has 0 fully saturated rings. The maximum atomic E-state index is 12.4. The molecular formula is C23H14Br2ClNO3. The molecule has 0 aliphatic carbocycles. The first kappa shape index (κ1) is 20.8. The summed E-state index contributed by atoms with van der Waals surface area (Å²) >= 11 is 13.1. The minimum atomic E-state index is -0.509. The SMILES string of the molecule is O=C1ON=C(c2ccccc2)/C1=C/c1cc(Br)cc(Br)c1OCc1cccc(Cl)c1. The Kier molecular flexibility index (Phi) is 6.37. The van der Waals surface area contributed by atoms with Crippen LogP contribution < -0.4 is 4.74 Å². The van der Waals surface area contributed by atoms with Crippen molar-refractivity contribution in [3.8, 4) is 5.75 Å². The van der Waals surface area contributed by atoms with E-state index in [1.807, 2.05) is 66.7 Å². The van der Waals surface area contributed by atoms with Gasteiger partial charge in [0.1, 0.15) is 18.1 Å². The Morgan fingerprint density at radius 3 is 2.60 bits per heavy atom. The quantitative estimate of drug-likeness (QED) is 0.261. The highest BCUT2D eigenvalue weighted by Gasteiger charge is 2.27. The molecule has 0 atom stereocenters. The van der Waals surface area contributed by atoms with Crippen molar-refractivity contribution in [2.75, 3.05) is 0 Å². The van der Waals surface area contributed by atoms with E-state index in [1.165, 1.54) is 0 Å². The second-order valence-electron chi connectivity index (χ2n) is 6.47. The topological polar surface area (TPSA) is 47.9 Å². The fourth-order valence-corrected chi connectivity index (χ4v) is 4.58. The van der Waals surface area contributed by atoms with Gasteiger partial charge in [-0.05, 0) is 51.8 Å². The first-order valence-corrected chi connectivity index (χ1v) is 10.9. The number of nitrogens with zero attached hydrogens (tertiary/aromatic N) is 1. The number of hydrogen-bond acceptors (Lipinski definition) is 4. The van der Waals surface area contributed by atoms with Crippen LogP contribution in [0.2, 0.25) is 5.02 Å². The monoisotopic (exact) mass is 545 g/mol. The lowest BCUT2D eigenvalue weighted by atomic mass is 10.0. The van der Waals surface area contributed by atoms with Gasteiger partial charge in [-0.2, -0.15) is 0 Å². The normalized spacial score (nSPS) is 14.6. The number of oxime groups is 1. The van der Waals surface area contributed by atoms with Gasteiger partial charge in [-0.1, -0.05) is 75.2 Å². The fourth-order valence-electron chi connectivity index (χ4n) is 2.99. The zero-order valence-corrected chi connectivity index (χ0v) is 19.4. The summed E-state index contributed by atoms with van der Waals surface area (Å²) < 4.78 is 7.67. The number of ether oxygens (including phenoxy) is 1. The van der Waals surface area contributed by atoms with E-state index in [0.717, 1.165) is 20.1 Å². The minimum Gasteiger partial charge on any atom is -0.487 e. The van der Waals surface area contributed by atoms with Gasteiger partial charge in [0.05, 0.1) is 10.0 Å². The summed E-state index contributed by atoms with van der Waals surface area (Å²) in [4.78, 5) is 17.3. The second-order valence-corrected chi connectivity index (χ2v) is 8.67. The smallest absolute Gasteiger partial charge is 0.368 e. The van der Waals surface area contributed by atoms with E-state index >= 15 is 0 Å². The van der Waals surface area contributed by atoms with Gasteiger partial charge < -0.3 is 9.57 Å². The standard InChI is InChI=1S/C23H14Br2ClNO3/c24-17-10-16(11-19-21(27-30-23(19)28)15-6-2-1-3-7-15)22(20(25)12-17)29-13-14-5-4-8-18(26)9-14/h1-12H,13H2/b19-11-. The molecule has 150 valence electrons. The molecule has 7 heteroatoms. The zero-order valence-electron chi connectivity index (χ0n) is 15.4. The molecule has 0 spiro atoms. The molecule has 1 heterocycles. The van der Waals surface area contributed by atoms with Crippen LogP contribution in [0.5, 0.6) is 5.75 Å². The van der Waals surface area contributed by atoms with Crippen molar-refractivity contribution >= 4 is 61.2 Å².